The zero-order valence-corrected chi connectivity index (χ0v) is 16.4. The Morgan fingerprint density at radius 3 is 2.57 bits per heavy atom. The van der Waals surface area contributed by atoms with Crippen molar-refractivity contribution in [3.8, 4) is 11.1 Å². The van der Waals surface area contributed by atoms with Crippen LogP contribution in [0.4, 0.5) is 5.69 Å². The Morgan fingerprint density at radius 1 is 1.11 bits per heavy atom. The molecule has 2 heterocycles. The van der Waals surface area contributed by atoms with Gasteiger partial charge in [0.05, 0.1) is 11.7 Å². The van der Waals surface area contributed by atoms with Crippen LogP contribution in [0.5, 0.6) is 0 Å². The molecular weight excluding hydrogens is 370 g/mol. The SMILES string of the molecule is Cc1ccccc1NC(=O)[C@H](C)n1cnc2scc(-c3ccccc3)c2c1=O. The summed E-state index contributed by atoms with van der Waals surface area (Å²) in [4.78, 5) is 31.0. The number of aromatic nitrogens is 2. The van der Waals surface area contributed by atoms with Crippen LogP contribution in [-0.2, 0) is 4.79 Å². The number of hydrogen-bond donors (Lipinski definition) is 1. The second-order valence-corrected chi connectivity index (χ2v) is 7.49. The summed E-state index contributed by atoms with van der Waals surface area (Å²) < 4.78 is 1.40. The molecule has 0 radical (unpaired) electrons. The molecule has 0 saturated heterocycles. The lowest BCUT2D eigenvalue weighted by Gasteiger charge is -2.16. The molecule has 5 nitrogen and oxygen atoms in total. The van der Waals surface area contributed by atoms with E-state index in [1.807, 2.05) is 66.9 Å². The van der Waals surface area contributed by atoms with Gasteiger partial charge >= 0.3 is 0 Å². The van der Waals surface area contributed by atoms with Crippen LogP contribution in [0, 0.1) is 6.92 Å². The van der Waals surface area contributed by atoms with E-state index in [2.05, 4.69) is 10.3 Å². The molecule has 0 fully saturated rings. The predicted molar refractivity (Wildman–Crippen MR) is 114 cm³/mol. The monoisotopic (exact) mass is 389 g/mol. The summed E-state index contributed by atoms with van der Waals surface area (Å²) in [5.41, 5.74) is 3.30. The minimum atomic E-state index is -0.687. The minimum absolute atomic E-state index is 0.211. The summed E-state index contributed by atoms with van der Waals surface area (Å²) in [6.07, 6.45) is 1.46. The van der Waals surface area contributed by atoms with Crippen molar-refractivity contribution < 1.29 is 4.79 Å². The van der Waals surface area contributed by atoms with Crippen LogP contribution in [-0.4, -0.2) is 15.5 Å². The zero-order chi connectivity index (χ0) is 19.7. The van der Waals surface area contributed by atoms with Gasteiger partial charge < -0.3 is 5.32 Å². The fraction of sp³-hybridized carbons (Fsp3) is 0.136. The van der Waals surface area contributed by atoms with E-state index in [0.717, 1.165) is 22.4 Å². The van der Waals surface area contributed by atoms with Crippen LogP contribution in [0.1, 0.15) is 18.5 Å². The average Bonchev–Trinajstić information content (AvgIpc) is 3.15. The van der Waals surface area contributed by atoms with Gasteiger partial charge in [0, 0.05) is 16.6 Å². The van der Waals surface area contributed by atoms with Gasteiger partial charge in [-0.15, -0.1) is 11.3 Å². The van der Waals surface area contributed by atoms with E-state index < -0.39 is 6.04 Å². The van der Waals surface area contributed by atoms with Crippen molar-refractivity contribution in [3.05, 3.63) is 82.2 Å². The highest BCUT2D eigenvalue weighted by molar-refractivity contribution is 7.17. The molecule has 1 N–H and O–H groups in total. The maximum absolute atomic E-state index is 13.2. The van der Waals surface area contributed by atoms with Crippen molar-refractivity contribution in [1.82, 2.24) is 9.55 Å². The van der Waals surface area contributed by atoms with Crippen molar-refractivity contribution in [3.63, 3.8) is 0 Å². The van der Waals surface area contributed by atoms with Gasteiger partial charge in [0.2, 0.25) is 5.91 Å². The maximum atomic E-state index is 13.2. The fourth-order valence-corrected chi connectivity index (χ4v) is 4.03. The standard InChI is InChI=1S/C22H19N3O2S/c1-14-8-6-7-11-18(14)24-20(26)15(2)25-13-23-21-19(22(25)27)17(12-28-21)16-9-4-3-5-10-16/h3-13,15H,1-2H3,(H,24,26)/t15-/m0/s1. The van der Waals surface area contributed by atoms with E-state index in [-0.39, 0.29) is 11.5 Å². The average molecular weight is 389 g/mol. The number of carbonyl (C=O) groups is 1. The summed E-state index contributed by atoms with van der Waals surface area (Å²) in [6.45, 7) is 3.63. The largest absolute Gasteiger partial charge is 0.324 e. The van der Waals surface area contributed by atoms with Gasteiger partial charge in [-0.3, -0.25) is 14.2 Å². The molecule has 1 amide bonds. The summed E-state index contributed by atoms with van der Waals surface area (Å²) >= 11 is 1.43. The van der Waals surface area contributed by atoms with E-state index in [1.165, 1.54) is 22.2 Å². The lowest BCUT2D eigenvalue weighted by molar-refractivity contribution is -0.118. The molecule has 0 aliphatic rings. The van der Waals surface area contributed by atoms with Gasteiger partial charge in [0.15, 0.2) is 0 Å². The molecule has 1 atom stereocenters. The van der Waals surface area contributed by atoms with Gasteiger partial charge in [-0.1, -0.05) is 48.5 Å². The van der Waals surface area contributed by atoms with Crippen LogP contribution < -0.4 is 10.9 Å². The van der Waals surface area contributed by atoms with E-state index in [1.54, 1.807) is 6.92 Å². The number of fused-ring (bicyclic) bond motifs is 1. The zero-order valence-electron chi connectivity index (χ0n) is 15.5. The number of nitrogens with zero attached hydrogens (tertiary/aromatic N) is 2. The van der Waals surface area contributed by atoms with Crippen LogP contribution in [0.15, 0.2) is 71.1 Å². The van der Waals surface area contributed by atoms with E-state index in [4.69, 9.17) is 0 Å². The molecule has 4 aromatic rings. The number of rotatable bonds is 4. The van der Waals surface area contributed by atoms with Gasteiger partial charge in [-0.05, 0) is 31.0 Å². The number of amides is 1. The second kappa shape index (κ2) is 7.40. The third kappa shape index (κ3) is 3.23. The number of para-hydroxylation sites is 1. The number of anilines is 1. The van der Waals surface area contributed by atoms with E-state index in [0.29, 0.717) is 10.2 Å². The van der Waals surface area contributed by atoms with Gasteiger partial charge in [0.1, 0.15) is 10.9 Å². The topological polar surface area (TPSA) is 64.0 Å². The first kappa shape index (κ1) is 18.1. The number of carbonyl (C=O) groups excluding carboxylic acids is 1. The highest BCUT2D eigenvalue weighted by atomic mass is 32.1. The summed E-state index contributed by atoms with van der Waals surface area (Å²) in [6, 6.07) is 16.6. The number of benzene rings is 2. The van der Waals surface area contributed by atoms with Crippen LogP contribution in [0.3, 0.4) is 0 Å². The van der Waals surface area contributed by atoms with Crippen molar-refractivity contribution in [1.29, 1.82) is 0 Å². The summed E-state index contributed by atoms with van der Waals surface area (Å²) in [7, 11) is 0. The normalized spacial score (nSPS) is 12.1. The molecule has 6 heteroatoms. The minimum Gasteiger partial charge on any atom is -0.324 e. The Balaban J connectivity index is 1.73. The Morgan fingerprint density at radius 2 is 1.82 bits per heavy atom. The fourth-order valence-electron chi connectivity index (χ4n) is 3.13. The van der Waals surface area contributed by atoms with Crippen molar-refractivity contribution >= 4 is 33.1 Å². The molecule has 28 heavy (non-hydrogen) atoms. The van der Waals surface area contributed by atoms with Crippen molar-refractivity contribution in [2.75, 3.05) is 5.32 Å². The number of thiophene rings is 1. The van der Waals surface area contributed by atoms with Crippen LogP contribution in [0.2, 0.25) is 0 Å². The third-order valence-electron chi connectivity index (χ3n) is 4.80. The van der Waals surface area contributed by atoms with E-state index >= 15 is 0 Å². The van der Waals surface area contributed by atoms with E-state index in [9.17, 15) is 9.59 Å². The molecule has 0 aliphatic heterocycles. The van der Waals surface area contributed by atoms with Gasteiger partial charge in [-0.25, -0.2) is 4.98 Å². The molecule has 2 aromatic carbocycles. The number of hydrogen-bond acceptors (Lipinski definition) is 4. The Hall–Kier alpha value is -3.25. The molecular formula is C22H19N3O2S. The maximum Gasteiger partial charge on any atom is 0.263 e. The Bertz CT molecular complexity index is 1210. The quantitative estimate of drug-likeness (QED) is 0.553. The lowest BCUT2D eigenvalue weighted by atomic mass is 10.1. The molecule has 4 rings (SSSR count). The molecule has 0 unspecified atom stereocenters. The second-order valence-electron chi connectivity index (χ2n) is 6.63. The molecule has 0 bridgehead atoms. The Labute approximate surface area is 166 Å². The van der Waals surface area contributed by atoms with Crippen molar-refractivity contribution in [2.45, 2.75) is 19.9 Å². The first-order valence-electron chi connectivity index (χ1n) is 8.96. The highest BCUT2D eigenvalue weighted by Crippen LogP contribution is 2.30. The Kier molecular flexibility index (Phi) is 4.79. The predicted octanol–water partition coefficient (Wildman–Crippen LogP) is 4.63. The first-order valence-corrected chi connectivity index (χ1v) is 9.84. The first-order chi connectivity index (χ1) is 13.6. The molecule has 2 aromatic heterocycles. The van der Waals surface area contributed by atoms with Gasteiger partial charge in [0.25, 0.3) is 5.56 Å². The highest BCUT2D eigenvalue weighted by Gasteiger charge is 2.20. The summed E-state index contributed by atoms with van der Waals surface area (Å²) in [5.74, 6) is -0.256. The van der Waals surface area contributed by atoms with Crippen molar-refractivity contribution in [2.24, 2.45) is 0 Å². The van der Waals surface area contributed by atoms with Crippen LogP contribution >= 0.6 is 11.3 Å². The molecule has 0 saturated carbocycles. The molecule has 140 valence electrons. The summed E-state index contributed by atoms with van der Waals surface area (Å²) in [5, 5.41) is 5.39. The number of nitrogens with one attached hydrogen (secondary N) is 1. The van der Waals surface area contributed by atoms with Gasteiger partial charge in [-0.2, -0.15) is 0 Å². The molecule has 0 spiro atoms. The van der Waals surface area contributed by atoms with Crippen LogP contribution in [0.25, 0.3) is 21.3 Å². The lowest BCUT2D eigenvalue weighted by Crippen LogP contribution is -2.31. The molecule has 0 aliphatic carbocycles. The third-order valence-corrected chi connectivity index (χ3v) is 5.69. The number of aryl methyl sites for hydroxylation is 1. The smallest absolute Gasteiger partial charge is 0.263 e.